The summed E-state index contributed by atoms with van der Waals surface area (Å²) in [6.45, 7) is 0.732. The standard InChI is InChI=1S/C20H20N4O2/c1-24(14-15-8-4-3-5-9-15)18-12-13-21-20(23-18)22-17-11-7-6-10-16(17)19(25)26-2/h3-13H,14H2,1-2H3,(H,21,22,23). The number of benzene rings is 2. The van der Waals surface area contributed by atoms with E-state index in [2.05, 4.69) is 27.4 Å². The van der Waals surface area contributed by atoms with Crippen molar-refractivity contribution in [3.05, 3.63) is 78.0 Å². The molecule has 0 saturated heterocycles. The first-order valence-electron chi connectivity index (χ1n) is 8.20. The Balaban J connectivity index is 1.79. The van der Waals surface area contributed by atoms with Crippen LogP contribution in [-0.2, 0) is 11.3 Å². The van der Waals surface area contributed by atoms with E-state index in [0.717, 1.165) is 12.4 Å². The summed E-state index contributed by atoms with van der Waals surface area (Å²) in [6.07, 6.45) is 1.69. The Morgan fingerprint density at radius 2 is 1.81 bits per heavy atom. The molecular formula is C20H20N4O2. The van der Waals surface area contributed by atoms with Crippen LogP contribution in [-0.4, -0.2) is 30.1 Å². The lowest BCUT2D eigenvalue weighted by molar-refractivity contribution is 0.0602. The number of ether oxygens (including phenoxy) is 1. The van der Waals surface area contributed by atoms with E-state index < -0.39 is 5.97 Å². The first-order valence-corrected chi connectivity index (χ1v) is 8.20. The van der Waals surface area contributed by atoms with Crippen molar-refractivity contribution >= 4 is 23.4 Å². The largest absolute Gasteiger partial charge is 0.465 e. The maximum atomic E-state index is 11.9. The Bertz CT molecular complexity index is 884. The summed E-state index contributed by atoms with van der Waals surface area (Å²) in [6, 6.07) is 19.1. The first kappa shape index (κ1) is 17.4. The second-order valence-corrected chi connectivity index (χ2v) is 5.74. The maximum absolute atomic E-state index is 11.9. The molecule has 0 saturated carbocycles. The molecule has 3 aromatic rings. The number of hydrogen-bond acceptors (Lipinski definition) is 6. The average Bonchev–Trinajstić information content (AvgIpc) is 2.69. The van der Waals surface area contributed by atoms with Gasteiger partial charge in [0.05, 0.1) is 18.4 Å². The van der Waals surface area contributed by atoms with Gasteiger partial charge in [0.25, 0.3) is 0 Å². The molecule has 0 aliphatic heterocycles. The number of hydrogen-bond donors (Lipinski definition) is 1. The lowest BCUT2D eigenvalue weighted by Gasteiger charge is -2.19. The van der Waals surface area contributed by atoms with Crippen molar-refractivity contribution in [2.75, 3.05) is 24.4 Å². The van der Waals surface area contributed by atoms with E-state index in [9.17, 15) is 4.79 Å². The van der Waals surface area contributed by atoms with Gasteiger partial charge in [0.1, 0.15) is 5.82 Å². The summed E-state index contributed by atoms with van der Waals surface area (Å²) < 4.78 is 4.81. The lowest BCUT2D eigenvalue weighted by atomic mass is 10.2. The van der Waals surface area contributed by atoms with Gasteiger partial charge in [-0.3, -0.25) is 0 Å². The predicted octanol–water partition coefficient (Wildman–Crippen LogP) is 3.64. The highest BCUT2D eigenvalue weighted by Gasteiger charge is 2.12. The molecule has 26 heavy (non-hydrogen) atoms. The van der Waals surface area contributed by atoms with Crippen LogP contribution in [0.1, 0.15) is 15.9 Å². The smallest absolute Gasteiger partial charge is 0.339 e. The number of aromatic nitrogens is 2. The van der Waals surface area contributed by atoms with Gasteiger partial charge in [-0.25, -0.2) is 9.78 Å². The second-order valence-electron chi connectivity index (χ2n) is 5.74. The summed E-state index contributed by atoms with van der Waals surface area (Å²) in [5.41, 5.74) is 2.23. The molecule has 3 rings (SSSR count). The van der Waals surface area contributed by atoms with Gasteiger partial charge in [0.15, 0.2) is 0 Å². The van der Waals surface area contributed by atoms with Gasteiger partial charge in [-0.2, -0.15) is 4.98 Å². The minimum Gasteiger partial charge on any atom is -0.465 e. The third kappa shape index (κ3) is 4.16. The van der Waals surface area contributed by atoms with Crippen LogP contribution in [0, 0.1) is 0 Å². The van der Waals surface area contributed by atoms with Crippen LogP contribution in [0.5, 0.6) is 0 Å². The molecule has 0 fully saturated rings. The molecule has 0 amide bonds. The molecule has 0 spiro atoms. The molecule has 0 unspecified atom stereocenters. The number of nitrogens with one attached hydrogen (secondary N) is 1. The number of carbonyl (C=O) groups is 1. The SMILES string of the molecule is COC(=O)c1ccccc1Nc1nccc(N(C)Cc2ccccc2)n1. The van der Waals surface area contributed by atoms with Crippen molar-refractivity contribution in [3.63, 3.8) is 0 Å². The zero-order valence-corrected chi connectivity index (χ0v) is 14.7. The molecule has 1 aromatic heterocycles. The van der Waals surface area contributed by atoms with Crippen molar-refractivity contribution in [1.82, 2.24) is 9.97 Å². The molecule has 0 aliphatic rings. The molecule has 132 valence electrons. The second kappa shape index (κ2) is 8.11. The van der Waals surface area contributed by atoms with Gasteiger partial charge in [-0.1, -0.05) is 42.5 Å². The summed E-state index contributed by atoms with van der Waals surface area (Å²) in [5, 5.41) is 3.10. The van der Waals surface area contributed by atoms with Crippen molar-refractivity contribution in [2.24, 2.45) is 0 Å². The first-order chi connectivity index (χ1) is 12.7. The molecular weight excluding hydrogens is 328 g/mol. The molecule has 0 aliphatic carbocycles. The molecule has 2 aromatic carbocycles. The fourth-order valence-corrected chi connectivity index (χ4v) is 2.56. The molecule has 1 heterocycles. The van der Waals surface area contributed by atoms with Gasteiger partial charge in [0.2, 0.25) is 5.95 Å². The third-order valence-corrected chi connectivity index (χ3v) is 3.87. The van der Waals surface area contributed by atoms with Crippen LogP contribution in [0.15, 0.2) is 66.9 Å². The Kier molecular flexibility index (Phi) is 5.43. The molecule has 0 bridgehead atoms. The number of anilines is 3. The van der Waals surface area contributed by atoms with Crippen molar-refractivity contribution in [3.8, 4) is 0 Å². The minimum atomic E-state index is -0.412. The highest BCUT2D eigenvalue weighted by Crippen LogP contribution is 2.21. The molecule has 1 N–H and O–H groups in total. The average molecular weight is 348 g/mol. The molecule has 0 radical (unpaired) electrons. The fourth-order valence-electron chi connectivity index (χ4n) is 2.56. The zero-order chi connectivity index (χ0) is 18.4. The molecule has 6 nitrogen and oxygen atoms in total. The quantitative estimate of drug-likeness (QED) is 0.686. The Morgan fingerprint density at radius 3 is 2.58 bits per heavy atom. The Morgan fingerprint density at radius 1 is 1.08 bits per heavy atom. The normalized spacial score (nSPS) is 10.2. The number of carbonyl (C=O) groups excluding carboxylic acids is 1. The Hall–Kier alpha value is -3.41. The van der Waals surface area contributed by atoms with Crippen molar-refractivity contribution in [2.45, 2.75) is 6.54 Å². The van der Waals surface area contributed by atoms with E-state index in [1.165, 1.54) is 12.7 Å². The van der Waals surface area contributed by atoms with Crippen LogP contribution in [0.4, 0.5) is 17.5 Å². The number of esters is 1. The van der Waals surface area contributed by atoms with E-state index in [1.54, 1.807) is 24.4 Å². The van der Waals surface area contributed by atoms with E-state index in [-0.39, 0.29) is 0 Å². The van der Waals surface area contributed by atoms with E-state index in [4.69, 9.17) is 4.74 Å². The van der Waals surface area contributed by atoms with Crippen LogP contribution >= 0.6 is 0 Å². The minimum absolute atomic E-state index is 0.412. The molecule has 0 atom stereocenters. The number of rotatable bonds is 6. The van der Waals surface area contributed by atoms with Crippen molar-refractivity contribution < 1.29 is 9.53 Å². The van der Waals surface area contributed by atoms with Crippen molar-refractivity contribution in [1.29, 1.82) is 0 Å². The third-order valence-electron chi connectivity index (χ3n) is 3.87. The van der Waals surface area contributed by atoms with Crippen LogP contribution < -0.4 is 10.2 Å². The number of nitrogens with zero attached hydrogens (tertiary/aromatic N) is 3. The zero-order valence-electron chi connectivity index (χ0n) is 14.7. The van der Waals surface area contributed by atoms with Gasteiger partial charge in [-0.15, -0.1) is 0 Å². The van der Waals surface area contributed by atoms with E-state index in [0.29, 0.717) is 17.2 Å². The lowest BCUT2D eigenvalue weighted by Crippen LogP contribution is -2.18. The monoisotopic (exact) mass is 348 g/mol. The number of para-hydroxylation sites is 1. The van der Waals surface area contributed by atoms with Crippen LogP contribution in [0.3, 0.4) is 0 Å². The van der Waals surface area contributed by atoms with Gasteiger partial charge >= 0.3 is 5.97 Å². The summed E-state index contributed by atoms with van der Waals surface area (Å²) in [5.74, 6) is 0.783. The van der Waals surface area contributed by atoms with Gasteiger partial charge < -0.3 is 15.0 Å². The summed E-state index contributed by atoms with van der Waals surface area (Å²) in [7, 11) is 3.33. The fraction of sp³-hybridized carbons (Fsp3) is 0.150. The highest BCUT2D eigenvalue weighted by molar-refractivity contribution is 5.96. The van der Waals surface area contributed by atoms with E-state index in [1.807, 2.05) is 42.3 Å². The van der Waals surface area contributed by atoms with Gasteiger partial charge in [-0.05, 0) is 23.8 Å². The maximum Gasteiger partial charge on any atom is 0.339 e. The highest BCUT2D eigenvalue weighted by atomic mass is 16.5. The van der Waals surface area contributed by atoms with Gasteiger partial charge in [0, 0.05) is 19.8 Å². The topological polar surface area (TPSA) is 67.3 Å². The molecule has 6 heteroatoms. The Labute approximate surface area is 152 Å². The summed E-state index contributed by atoms with van der Waals surface area (Å²) in [4.78, 5) is 22.7. The predicted molar refractivity (Wildman–Crippen MR) is 102 cm³/mol. The van der Waals surface area contributed by atoms with Crippen LogP contribution in [0.2, 0.25) is 0 Å². The van der Waals surface area contributed by atoms with Crippen LogP contribution in [0.25, 0.3) is 0 Å². The summed E-state index contributed by atoms with van der Waals surface area (Å²) >= 11 is 0. The van der Waals surface area contributed by atoms with E-state index >= 15 is 0 Å². The number of methoxy groups -OCH3 is 1.